The maximum Gasteiger partial charge on any atom is 0.339 e. The van der Waals surface area contributed by atoms with Gasteiger partial charge in [-0.15, -0.1) is 0 Å². The van der Waals surface area contributed by atoms with Crippen molar-refractivity contribution in [1.29, 1.82) is 0 Å². The number of hydrogen-bond acceptors (Lipinski definition) is 8. The first-order chi connectivity index (χ1) is 15.6. The highest BCUT2D eigenvalue weighted by atomic mass is 16.7. The summed E-state index contributed by atoms with van der Waals surface area (Å²) in [6.45, 7) is 8.71. The Labute approximate surface area is 193 Å². The fraction of sp³-hybridized carbons (Fsp3) is 0.520. The van der Waals surface area contributed by atoms with Crippen LogP contribution in [0.25, 0.3) is 6.08 Å². The highest BCUT2D eigenvalue weighted by molar-refractivity contribution is 5.66. The zero-order valence-corrected chi connectivity index (χ0v) is 19.9. The lowest BCUT2D eigenvalue weighted by Crippen LogP contribution is -2.65. The first kappa shape index (κ1) is 25.0. The fourth-order valence-electron chi connectivity index (χ4n) is 4.67. The van der Waals surface area contributed by atoms with Crippen molar-refractivity contribution in [2.24, 2.45) is 0 Å². The Kier molecular flexibility index (Phi) is 7.31. The molecule has 2 aliphatic rings. The highest BCUT2D eigenvalue weighted by Gasteiger charge is 2.69. The molecule has 0 radical (unpaired) electrons. The number of fused-ring (bicyclic) bond motifs is 2. The second-order valence-electron chi connectivity index (χ2n) is 8.65. The lowest BCUT2D eigenvalue weighted by molar-refractivity contribution is -0.235. The van der Waals surface area contributed by atoms with Crippen LogP contribution in [0.15, 0.2) is 45.7 Å². The molecule has 8 nitrogen and oxygen atoms in total. The molecule has 180 valence electrons. The van der Waals surface area contributed by atoms with E-state index in [1.807, 2.05) is 13.8 Å². The summed E-state index contributed by atoms with van der Waals surface area (Å²) in [6, 6.07) is 1.30. The van der Waals surface area contributed by atoms with Crippen LogP contribution in [0.4, 0.5) is 0 Å². The molecule has 6 atom stereocenters. The molecule has 2 bridgehead atoms. The quantitative estimate of drug-likeness (QED) is 0.489. The molecule has 0 amide bonds. The van der Waals surface area contributed by atoms with Gasteiger partial charge in [0.2, 0.25) is 0 Å². The van der Waals surface area contributed by atoms with Crippen molar-refractivity contribution in [3.63, 3.8) is 0 Å². The largest absolute Gasteiger partial charge is 0.496 e. The van der Waals surface area contributed by atoms with E-state index in [1.54, 1.807) is 50.3 Å². The molecule has 0 spiro atoms. The number of ether oxygens (including phenoxy) is 4. The molecule has 0 saturated carbocycles. The van der Waals surface area contributed by atoms with Crippen LogP contribution < -0.4 is 10.4 Å². The molecule has 2 unspecified atom stereocenters. The fourth-order valence-corrected chi connectivity index (χ4v) is 4.67. The van der Waals surface area contributed by atoms with Gasteiger partial charge in [0.25, 0.3) is 0 Å². The summed E-state index contributed by atoms with van der Waals surface area (Å²) in [5, 5.41) is 11.0. The molecule has 1 N–H and O–H groups in total. The van der Waals surface area contributed by atoms with E-state index in [9.17, 15) is 14.7 Å². The van der Waals surface area contributed by atoms with Gasteiger partial charge in [0.15, 0.2) is 6.10 Å². The van der Waals surface area contributed by atoms with Crippen molar-refractivity contribution in [3.05, 3.63) is 58.2 Å². The first-order valence-corrected chi connectivity index (χ1v) is 11.0. The maximum atomic E-state index is 11.7. The number of rotatable bonds is 7. The Hall–Kier alpha value is -2.68. The third-order valence-corrected chi connectivity index (χ3v) is 6.32. The third kappa shape index (κ3) is 4.69. The molecular formula is C25H32O8. The Morgan fingerprint density at radius 3 is 2.52 bits per heavy atom. The average molecular weight is 461 g/mol. The van der Waals surface area contributed by atoms with Gasteiger partial charge < -0.3 is 28.5 Å². The monoisotopic (exact) mass is 460 g/mol. The van der Waals surface area contributed by atoms with E-state index in [1.165, 1.54) is 20.1 Å². The normalized spacial score (nSPS) is 33.9. The first-order valence-electron chi connectivity index (χ1n) is 11.0. The number of carbonyl (C=O) groups excluding carboxylic acids is 1. The molecule has 2 aliphatic heterocycles. The predicted octanol–water partition coefficient (Wildman–Crippen LogP) is 3.10. The summed E-state index contributed by atoms with van der Waals surface area (Å²) in [7, 11) is 1.50. The number of carbonyl (C=O) groups is 1. The topological polar surface area (TPSA) is 104 Å². The van der Waals surface area contributed by atoms with Crippen LogP contribution in [0, 0.1) is 6.92 Å². The third-order valence-electron chi connectivity index (χ3n) is 6.32. The van der Waals surface area contributed by atoms with E-state index in [0.29, 0.717) is 17.9 Å². The maximum absolute atomic E-state index is 11.7. The van der Waals surface area contributed by atoms with Crippen molar-refractivity contribution >= 4 is 12.0 Å². The molecule has 1 aromatic heterocycles. The van der Waals surface area contributed by atoms with Gasteiger partial charge in [0.1, 0.15) is 34.9 Å². The predicted molar refractivity (Wildman–Crippen MR) is 122 cm³/mol. The van der Waals surface area contributed by atoms with Crippen LogP contribution in [0.2, 0.25) is 0 Å². The summed E-state index contributed by atoms with van der Waals surface area (Å²) in [6.07, 6.45) is 8.37. The second kappa shape index (κ2) is 9.67. The van der Waals surface area contributed by atoms with Gasteiger partial charge in [-0.05, 0) is 33.3 Å². The Morgan fingerprint density at radius 2 is 1.88 bits per heavy atom. The van der Waals surface area contributed by atoms with Gasteiger partial charge in [-0.3, -0.25) is 4.79 Å². The number of aliphatic hydroxyl groups excluding tert-OH is 1. The van der Waals surface area contributed by atoms with Crippen molar-refractivity contribution in [3.8, 4) is 5.75 Å². The summed E-state index contributed by atoms with van der Waals surface area (Å²) in [5.41, 5.74) is -1.73. The average Bonchev–Trinajstić information content (AvgIpc) is 2.93. The van der Waals surface area contributed by atoms with E-state index in [2.05, 4.69) is 0 Å². The van der Waals surface area contributed by atoms with Crippen LogP contribution in [-0.2, 0) is 19.0 Å². The highest BCUT2D eigenvalue weighted by Crippen LogP contribution is 2.51. The molecule has 2 saturated heterocycles. The van der Waals surface area contributed by atoms with Crippen LogP contribution in [0.3, 0.4) is 0 Å². The summed E-state index contributed by atoms with van der Waals surface area (Å²) >= 11 is 0. The van der Waals surface area contributed by atoms with Crippen LogP contribution >= 0.6 is 0 Å². The molecule has 33 heavy (non-hydrogen) atoms. The number of hydrogen-bond donors (Lipinski definition) is 1. The Bertz CT molecular complexity index is 1020. The van der Waals surface area contributed by atoms with E-state index in [0.717, 1.165) is 5.56 Å². The Balaban J connectivity index is 1.73. The molecule has 3 heterocycles. The minimum absolute atomic E-state index is 0.320. The zero-order chi connectivity index (χ0) is 24.4. The molecule has 0 aliphatic carbocycles. The summed E-state index contributed by atoms with van der Waals surface area (Å²) < 4.78 is 28.3. The van der Waals surface area contributed by atoms with Gasteiger partial charge in [0.05, 0.1) is 19.3 Å². The van der Waals surface area contributed by atoms with Gasteiger partial charge in [-0.1, -0.05) is 37.3 Å². The minimum atomic E-state index is -1.08. The molecule has 8 heteroatoms. The second-order valence-corrected chi connectivity index (χ2v) is 8.65. The summed E-state index contributed by atoms with van der Waals surface area (Å²) in [4.78, 5) is 23.3. The van der Waals surface area contributed by atoms with Crippen LogP contribution in [0.1, 0.15) is 45.4 Å². The van der Waals surface area contributed by atoms with Crippen molar-refractivity contribution in [1.82, 2.24) is 0 Å². The Morgan fingerprint density at radius 1 is 1.18 bits per heavy atom. The number of esters is 1. The zero-order valence-electron chi connectivity index (χ0n) is 19.9. The lowest BCUT2D eigenvalue weighted by Gasteiger charge is -2.47. The summed E-state index contributed by atoms with van der Waals surface area (Å²) in [5.74, 6) is 0.435. The van der Waals surface area contributed by atoms with Crippen LogP contribution in [0.5, 0.6) is 5.75 Å². The SMILES string of the molecule is CC[C@H]1O[C@]2(C)C(OC(C)=O)[C@@]1(C)OC(/C=C/C=C/C=C/c1oc(=O)cc(OC)c1C)[C@@H]2O. The van der Waals surface area contributed by atoms with Crippen LogP contribution in [-0.4, -0.2) is 53.8 Å². The van der Waals surface area contributed by atoms with E-state index >= 15 is 0 Å². The molecule has 3 rings (SSSR count). The van der Waals surface area contributed by atoms with Crippen molar-refractivity contribution in [2.75, 3.05) is 7.11 Å². The van der Waals surface area contributed by atoms with Gasteiger partial charge in [-0.2, -0.15) is 0 Å². The van der Waals surface area contributed by atoms with Crippen molar-refractivity contribution < 1.29 is 33.3 Å². The smallest absolute Gasteiger partial charge is 0.339 e. The number of aliphatic hydroxyl groups is 1. The van der Waals surface area contributed by atoms with E-state index in [-0.39, 0.29) is 6.10 Å². The van der Waals surface area contributed by atoms with E-state index in [4.69, 9.17) is 23.4 Å². The van der Waals surface area contributed by atoms with Gasteiger partial charge in [-0.25, -0.2) is 4.79 Å². The molecule has 0 aromatic carbocycles. The molecular weight excluding hydrogens is 428 g/mol. The minimum Gasteiger partial charge on any atom is -0.496 e. The number of methoxy groups -OCH3 is 1. The molecule has 2 fully saturated rings. The molecule has 1 aromatic rings. The standard InChI is InChI=1S/C25H32O8/c1-7-20-24(4)23(30-16(3)26)25(5,33-20)22(28)18(32-24)13-11-9-8-10-12-17-15(2)19(29-6)14-21(27)31-17/h8-14,18,20,22-23,28H,7H2,1-6H3/b9-8+,12-10+,13-11+/t18?,20-,22+,23?,24+,25+/m1/s1. The van der Waals surface area contributed by atoms with Crippen molar-refractivity contribution in [2.45, 2.75) is 76.7 Å². The van der Waals surface area contributed by atoms with Gasteiger partial charge in [0, 0.05) is 12.5 Å². The van der Waals surface area contributed by atoms with E-state index < -0.39 is 41.1 Å². The lowest BCUT2D eigenvalue weighted by atomic mass is 9.77. The number of allylic oxidation sites excluding steroid dienone is 4. The van der Waals surface area contributed by atoms with Gasteiger partial charge >= 0.3 is 11.6 Å².